The average molecular weight is 174 g/mol. The van der Waals surface area contributed by atoms with Crippen molar-refractivity contribution >= 4 is 8.07 Å². The molecule has 0 spiro atoms. The Kier molecular flexibility index (Phi) is 3.10. The highest BCUT2D eigenvalue weighted by atomic mass is 28.3. The van der Waals surface area contributed by atoms with Crippen molar-refractivity contribution in [2.24, 2.45) is 0 Å². The molecule has 1 rings (SSSR count). The Morgan fingerprint density at radius 2 is 1.73 bits per heavy atom. The van der Waals surface area contributed by atoms with Crippen molar-refractivity contribution in [1.82, 2.24) is 0 Å². The molecular formula is C8H18O2Si. The minimum Gasteiger partial charge on any atom is -0.350 e. The Balaban J connectivity index is 2.11. The zero-order chi connectivity index (χ0) is 8.32. The molecule has 1 fully saturated rings. The Morgan fingerprint density at radius 1 is 1.18 bits per heavy atom. The van der Waals surface area contributed by atoms with Crippen molar-refractivity contribution < 1.29 is 9.47 Å². The van der Waals surface area contributed by atoms with Gasteiger partial charge in [0.15, 0.2) is 6.29 Å². The van der Waals surface area contributed by atoms with Gasteiger partial charge in [0.25, 0.3) is 0 Å². The molecule has 3 heteroatoms. The van der Waals surface area contributed by atoms with Crippen LogP contribution in [-0.2, 0) is 9.47 Å². The second-order valence-electron chi connectivity index (χ2n) is 4.27. The first-order valence-electron chi connectivity index (χ1n) is 4.31. The van der Waals surface area contributed by atoms with Gasteiger partial charge in [-0.2, -0.15) is 0 Å². The Hall–Kier alpha value is 0.137. The highest BCUT2D eigenvalue weighted by Crippen LogP contribution is 2.17. The van der Waals surface area contributed by atoms with Crippen LogP contribution in [0.1, 0.15) is 6.42 Å². The van der Waals surface area contributed by atoms with Crippen LogP contribution in [0.25, 0.3) is 0 Å². The molecule has 0 atom stereocenters. The van der Waals surface area contributed by atoms with E-state index in [1.165, 1.54) is 6.04 Å². The molecule has 0 aromatic rings. The number of rotatable bonds is 3. The maximum Gasteiger partial charge on any atom is 0.157 e. The summed E-state index contributed by atoms with van der Waals surface area (Å²) in [5, 5.41) is 0. The van der Waals surface area contributed by atoms with E-state index in [-0.39, 0.29) is 6.29 Å². The summed E-state index contributed by atoms with van der Waals surface area (Å²) >= 11 is 0. The summed E-state index contributed by atoms with van der Waals surface area (Å²) in [6.45, 7) is 8.71. The van der Waals surface area contributed by atoms with Crippen LogP contribution >= 0.6 is 0 Å². The third-order valence-corrected chi connectivity index (χ3v) is 3.61. The minimum atomic E-state index is -0.885. The molecule has 0 radical (unpaired) electrons. The fourth-order valence-electron chi connectivity index (χ4n) is 1.12. The fourth-order valence-corrected chi connectivity index (χ4v) is 2.23. The van der Waals surface area contributed by atoms with Gasteiger partial charge in [0.05, 0.1) is 13.2 Å². The highest BCUT2D eigenvalue weighted by molar-refractivity contribution is 6.76. The second kappa shape index (κ2) is 3.69. The molecule has 0 aromatic heterocycles. The molecule has 0 aromatic carbocycles. The van der Waals surface area contributed by atoms with Crippen LogP contribution in [0, 0.1) is 0 Å². The molecule has 1 saturated heterocycles. The Labute approximate surface area is 69.9 Å². The lowest BCUT2D eigenvalue weighted by atomic mass is 10.5. The van der Waals surface area contributed by atoms with E-state index in [0.29, 0.717) is 0 Å². The van der Waals surface area contributed by atoms with E-state index in [1.807, 2.05) is 0 Å². The maximum atomic E-state index is 5.35. The predicted molar refractivity (Wildman–Crippen MR) is 48.5 cm³/mol. The van der Waals surface area contributed by atoms with Crippen LogP contribution in [0.3, 0.4) is 0 Å². The lowest BCUT2D eigenvalue weighted by Crippen LogP contribution is -2.22. The van der Waals surface area contributed by atoms with E-state index in [2.05, 4.69) is 19.6 Å². The summed E-state index contributed by atoms with van der Waals surface area (Å²) in [5.74, 6) is 0. The van der Waals surface area contributed by atoms with Gasteiger partial charge in [-0.25, -0.2) is 0 Å². The summed E-state index contributed by atoms with van der Waals surface area (Å²) in [4.78, 5) is 0. The van der Waals surface area contributed by atoms with Gasteiger partial charge >= 0.3 is 0 Å². The molecule has 66 valence electrons. The summed E-state index contributed by atoms with van der Waals surface area (Å²) < 4.78 is 10.7. The normalized spacial score (nSPS) is 21.0. The number of ether oxygens (including phenoxy) is 2. The van der Waals surface area contributed by atoms with E-state index in [9.17, 15) is 0 Å². The lowest BCUT2D eigenvalue weighted by molar-refractivity contribution is -0.0432. The zero-order valence-corrected chi connectivity index (χ0v) is 8.72. The van der Waals surface area contributed by atoms with Gasteiger partial charge in [-0.1, -0.05) is 25.7 Å². The third-order valence-electron chi connectivity index (χ3n) is 1.82. The largest absolute Gasteiger partial charge is 0.350 e. The van der Waals surface area contributed by atoms with Gasteiger partial charge in [0.2, 0.25) is 0 Å². The van der Waals surface area contributed by atoms with Crippen LogP contribution in [-0.4, -0.2) is 27.6 Å². The van der Waals surface area contributed by atoms with Gasteiger partial charge in [0, 0.05) is 8.07 Å². The van der Waals surface area contributed by atoms with Gasteiger partial charge in [-0.05, 0) is 6.42 Å². The van der Waals surface area contributed by atoms with E-state index in [0.717, 1.165) is 19.6 Å². The van der Waals surface area contributed by atoms with Crippen molar-refractivity contribution in [2.75, 3.05) is 13.2 Å². The zero-order valence-electron chi connectivity index (χ0n) is 7.72. The summed E-state index contributed by atoms with van der Waals surface area (Å²) in [5.41, 5.74) is 0. The van der Waals surface area contributed by atoms with Gasteiger partial charge in [-0.3, -0.25) is 0 Å². The summed E-state index contributed by atoms with van der Waals surface area (Å²) in [6.07, 6.45) is 1.21. The number of hydrogen-bond donors (Lipinski definition) is 0. The van der Waals surface area contributed by atoms with Crippen LogP contribution < -0.4 is 0 Å². The SMILES string of the molecule is C[Si](C)(C)CCC1OCCO1. The summed E-state index contributed by atoms with van der Waals surface area (Å²) in [7, 11) is -0.885. The molecule has 1 heterocycles. The highest BCUT2D eigenvalue weighted by Gasteiger charge is 2.20. The minimum absolute atomic E-state index is 0.113. The van der Waals surface area contributed by atoms with Crippen LogP contribution in [0.4, 0.5) is 0 Å². The van der Waals surface area contributed by atoms with Crippen molar-refractivity contribution in [3.8, 4) is 0 Å². The van der Waals surface area contributed by atoms with E-state index < -0.39 is 8.07 Å². The van der Waals surface area contributed by atoms with Crippen LogP contribution in [0.5, 0.6) is 0 Å². The standard InChI is InChI=1S/C8H18O2Si/c1-11(2,3)7-4-8-9-5-6-10-8/h8H,4-7H2,1-3H3. The van der Waals surface area contributed by atoms with Crippen molar-refractivity contribution in [3.63, 3.8) is 0 Å². The number of hydrogen-bond acceptors (Lipinski definition) is 2. The van der Waals surface area contributed by atoms with E-state index in [4.69, 9.17) is 9.47 Å². The smallest absolute Gasteiger partial charge is 0.157 e. The van der Waals surface area contributed by atoms with Crippen molar-refractivity contribution in [1.29, 1.82) is 0 Å². The molecule has 2 nitrogen and oxygen atoms in total. The maximum absolute atomic E-state index is 5.35. The summed E-state index contributed by atoms with van der Waals surface area (Å²) in [6, 6.07) is 1.30. The molecule has 11 heavy (non-hydrogen) atoms. The molecule has 0 aliphatic carbocycles. The molecule has 1 aliphatic heterocycles. The molecule has 0 unspecified atom stereocenters. The van der Waals surface area contributed by atoms with Gasteiger partial charge < -0.3 is 9.47 Å². The average Bonchev–Trinajstić information content (AvgIpc) is 2.32. The van der Waals surface area contributed by atoms with Crippen LogP contribution in [0.15, 0.2) is 0 Å². The first kappa shape index (κ1) is 9.23. The van der Waals surface area contributed by atoms with Crippen molar-refractivity contribution in [2.45, 2.75) is 38.4 Å². The Bertz CT molecular complexity index is 114. The topological polar surface area (TPSA) is 18.5 Å². The van der Waals surface area contributed by atoms with Crippen molar-refractivity contribution in [3.05, 3.63) is 0 Å². The van der Waals surface area contributed by atoms with Gasteiger partial charge in [0.1, 0.15) is 0 Å². The third kappa shape index (κ3) is 3.89. The van der Waals surface area contributed by atoms with E-state index in [1.54, 1.807) is 0 Å². The molecule has 1 aliphatic rings. The van der Waals surface area contributed by atoms with Gasteiger partial charge in [-0.15, -0.1) is 0 Å². The molecule has 0 saturated carbocycles. The Morgan fingerprint density at radius 3 is 2.18 bits per heavy atom. The predicted octanol–water partition coefficient (Wildman–Crippen LogP) is 2.09. The molecule has 0 amide bonds. The first-order chi connectivity index (χ1) is 5.08. The lowest BCUT2D eigenvalue weighted by Gasteiger charge is -2.17. The van der Waals surface area contributed by atoms with Crippen LogP contribution in [0.2, 0.25) is 25.7 Å². The first-order valence-corrected chi connectivity index (χ1v) is 8.02. The quantitative estimate of drug-likeness (QED) is 0.610. The molecule has 0 N–H and O–H groups in total. The molecular weight excluding hydrogens is 156 g/mol. The fraction of sp³-hybridized carbons (Fsp3) is 1.00. The second-order valence-corrected chi connectivity index (χ2v) is 9.89. The monoisotopic (exact) mass is 174 g/mol. The van der Waals surface area contributed by atoms with E-state index >= 15 is 0 Å². The molecule has 0 bridgehead atoms.